The highest BCUT2D eigenvalue weighted by Crippen LogP contribution is 2.36. The van der Waals surface area contributed by atoms with Gasteiger partial charge in [0, 0.05) is 26.3 Å². The SMILES string of the molecule is CC(=O)OC[C@H]1OC(OC(C)=O)[C@H](F)[C@@H](n2cc(-c3cc(F)c(F)c(F)c3)nn2)[C@H]1OC(C)=O. The van der Waals surface area contributed by atoms with Gasteiger partial charge < -0.3 is 18.9 Å². The fraction of sp³-hybridized carbons (Fsp3) is 0.450. The van der Waals surface area contributed by atoms with Gasteiger partial charge in [0.15, 0.2) is 29.7 Å². The molecular weight excluding hydrogens is 470 g/mol. The molecule has 0 saturated carbocycles. The Labute approximate surface area is 189 Å². The number of esters is 3. The van der Waals surface area contributed by atoms with Crippen LogP contribution >= 0.6 is 0 Å². The summed E-state index contributed by atoms with van der Waals surface area (Å²) in [5, 5.41) is 7.47. The van der Waals surface area contributed by atoms with E-state index in [0.29, 0.717) is 12.1 Å². The van der Waals surface area contributed by atoms with Gasteiger partial charge in [-0.1, -0.05) is 5.21 Å². The Morgan fingerprint density at radius 1 is 1.03 bits per heavy atom. The van der Waals surface area contributed by atoms with Gasteiger partial charge in [0.25, 0.3) is 0 Å². The summed E-state index contributed by atoms with van der Waals surface area (Å²) < 4.78 is 77.2. The molecule has 0 amide bonds. The lowest BCUT2D eigenvalue weighted by atomic mass is 9.96. The number of rotatable bonds is 6. The minimum atomic E-state index is -2.17. The maximum atomic E-state index is 15.5. The number of hydrogen-bond acceptors (Lipinski definition) is 9. The van der Waals surface area contributed by atoms with Gasteiger partial charge in [-0.3, -0.25) is 14.4 Å². The molecule has 1 unspecified atom stereocenters. The number of carbonyl (C=O) groups excluding carboxylic acids is 3. The van der Waals surface area contributed by atoms with E-state index in [1.54, 1.807) is 0 Å². The standard InChI is InChI=1S/C20H19F4N3O7/c1-8(28)31-7-15-19(32-9(2)29)18(17(24)20(34-15)33-10(3)30)27-6-14(25-26-27)11-4-12(21)16(23)13(22)5-11/h4-6,15,17-20H,7H2,1-3H3/t15-,17-,18-,19+,20?/m1/s1. The second-order valence-electron chi connectivity index (χ2n) is 7.30. The molecule has 0 bridgehead atoms. The summed E-state index contributed by atoms with van der Waals surface area (Å²) in [5.41, 5.74) is -0.374. The highest BCUT2D eigenvalue weighted by molar-refractivity contribution is 5.67. The maximum Gasteiger partial charge on any atom is 0.305 e. The number of aromatic nitrogens is 3. The quantitative estimate of drug-likeness (QED) is 0.260. The molecular formula is C20H19F4N3O7. The van der Waals surface area contributed by atoms with Crippen LogP contribution in [0.4, 0.5) is 17.6 Å². The highest BCUT2D eigenvalue weighted by Gasteiger charge is 2.51. The van der Waals surface area contributed by atoms with Gasteiger partial charge in [-0.25, -0.2) is 22.2 Å². The monoisotopic (exact) mass is 489 g/mol. The molecule has 1 aliphatic rings. The van der Waals surface area contributed by atoms with Crippen LogP contribution < -0.4 is 0 Å². The van der Waals surface area contributed by atoms with Crippen molar-refractivity contribution < 1.29 is 50.9 Å². The molecule has 0 radical (unpaired) electrons. The second-order valence-corrected chi connectivity index (χ2v) is 7.30. The van der Waals surface area contributed by atoms with Crippen LogP contribution in [0.1, 0.15) is 26.8 Å². The second kappa shape index (κ2) is 10.2. The Bertz CT molecular complexity index is 1070. The summed E-state index contributed by atoms with van der Waals surface area (Å²) in [6, 6.07) is -0.199. The first kappa shape index (κ1) is 25.1. The molecule has 1 aliphatic heterocycles. The number of carbonyl (C=O) groups is 3. The van der Waals surface area contributed by atoms with Gasteiger partial charge >= 0.3 is 17.9 Å². The van der Waals surface area contributed by atoms with Crippen LogP contribution in [0.2, 0.25) is 0 Å². The molecule has 1 aromatic heterocycles. The van der Waals surface area contributed by atoms with Crippen molar-refractivity contribution in [3.63, 3.8) is 0 Å². The first-order chi connectivity index (χ1) is 16.0. The number of hydrogen-bond donors (Lipinski definition) is 0. The van der Waals surface area contributed by atoms with E-state index in [4.69, 9.17) is 18.9 Å². The zero-order valence-corrected chi connectivity index (χ0v) is 18.0. The first-order valence-corrected chi connectivity index (χ1v) is 9.82. The molecule has 1 aromatic carbocycles. The lowest BCUT2D eigenvalue weighted by Gasteiger charge is -2.41. The lowest BCUT2D eigenvalue weighted by molar-refractivity contribution is -0.269. The van der Waals surface area contributed by atoms with Crippen molar-refractivity contribution in [2.24, 2.45) is 0 Å². The minimum Gasteiger partial charge on any atom is -0.463 e. The first-order valence-electron chi connectivity index (χ1n) is 9.82. The molecule has 0 N–H and O–H groups in total. The van der Waals surface area contributed by atoms with Crippen LogP contribution in [0.15, 0.2) is 18.3 Å². The van der Waals surface area contributed by atoms with Crippen LogP contribution in [-0.4, -0.2) is 64.2 Å². The summed E-state index contributed by atoms with van der Waals surface area (Å²) in [5.74, 6) is -7.08. The van der Waals surface area contributed by atoms with Crippen molar-refractivity contribution in [3.8, 4) is 11.3 Å². The number of ether oxygens (including phenoxy) is 4. The Balaban J connectivity index is 2.02. The average molecular weight is 489 g/mol. The Kier molecular flexibility index (Phi) is 7.49. The van der Waals surface area contributed by atoms with Gasteiger partial charge in [0.1, 0.15) is 24.4 Å². The molecule has 184 valence electrons. The number of alkyl halides is 1. The van der Waals surface area contributed by atoms with Gasteiger partial charge in [-0.15, -0.1) is 5.10 Å². The van der Waals surface area contributed by atoms with Crippen molar-refractivity contribution in [3.05, 3.63) is 35.8 Å². The van der Waals surface area contributed by atoms with Crippen LogP contribution in [0.5, 0.6) is 0 Å². The summed E-state index contributed by atoms with van der Waals surface area (Å²) in [6.07, 6.45) is -5.64. The Morgan fingerprint density at radius 2 is 1.65 bits per heavy atom. The third-order valence-corrected chi connectivity index (χ3v) is 4.73. The van der Waals surface area contributed by atoms with Gasteiger partial charge in [-0.2, -0.15) is 0 Å². The van der Waals surface area contributed by atoms with E-state index in [9.17, 15) is 27.6 Å². The molecule has 34 heavy (non-hydrogen) atoms. The average Bonchev–Trinajstić information content (AvgIpc) is 3.21. The molecule has 2 aromatic rings. The van der Waals surface area contributed by atoms with Crippen LogP contribution in [0, 0.1) is 17.5 Å². The molecule has 0 aliphatic carbocycles. The van der Waals surface area contributed by atoms with Crippen LogP contribution in [0.3, 0.4) is 0 Å². The smallest absolute Gasteiger partial charge is 0.305 e. The lowest BCUT2D eigenvalue weighted by Crippen LogP contribution is -2.57. The number of benzene rings is 1. The van der Waals surface area contributed by atoms with Crippen LogP contribution in [-0.2, 0) is 33.3 Å². The van der Waals surface area contributed by atoms with E-state index >= 15 is 4.39 Å². The molecule has 14 heteroatoms. The van der Waals surface area contributed by atoms with E-state index in [0.717, 1.165) is 31.6 Å². The highest BCUT2D eigenvalue weighted by atomic mass is 19.2. The summed E-state index contributed by atoms with van der Waals surface area (Å²) in [7, 11) is 0. The zero-order valence-electron chi connectivity index (χ0n) is 18.0. The molecule has 1 fully saturated rings. The fourth-order valence-corrected chi connectivity index (χ4v) is 3.37. The molecule has 3 rings (SSSR count). The zero-order chi connectivity index (χ0) is 25.2. The summed E-state index contributed by atoms with van der Waals surface area (Å²) in [6.45, 7) is 2.66. The Hall–Kier alpha value is -3.55. The molecule has 1 saturated heterocycles. The van der Waals surface area contributed by atoms with E-state index in [-0.39, 0.29) is 11.3 Å². The van der Waals surface area contributed by atoms with Crippen molar-refractivity contribution in [2.45, 2.75) is 51.5 Å². The predicted molar refractivity (Wildman–Crippen MR) is 102 cm³/mol. The number of halogens is 4. The van der Waals surface area contributed by atoms with Crippen molar-refractivity contribution in [1.29, 1.82) is 0 Å². The normalized spacial score (nSPS) is 24.4. The van der Waals surface area contributed by atoms with Crippen molar-refractivity contribution in [2.75, 3.05) is 6.61 Å². The Morgan fingerprint density at radius 3 is 2.21 bits per heavy atom. The van der Waals surface area contributed by atoms with E-state index in [1.807, 2.05) is 0 Å². The predicted octanol–water partition coefficient (Wildman–Crippen LogP) is 2.02. The topological polar surface area (TPSA) is 119 Å². The third kappa shape index (κ3) is 5.50. The van der Waals surface area contributed by atoms with Crippen LogP contribution in [0.25, 0.3) is 11.3 Å². The van der Waals surface area contributed by atoms with E-state index in [1.165, 1.54) is 0 Å². The maximum absolute atomic E-state index is 15.5. The van der Waals surface area contributed by atoms with Gasteiger partial charge in [0.05, 0.1) is 6.20 Å². The fourth-order valence-electron chi connectivity index (χ4n) is 3.37. The minimum absolute atomic E-state index is 0.168. The molecule has 10 nitrogen and oxygen atoms in total. The van der Waals surface area contributed by atoms with E-state index < -0.39 is 72.7 Å². The number of nitrogens with zero attached hydrogens (tertiary/aromatic N) is 3. The summed E-state index contributed by atoms with van der Waals surface area (Å²) >= 11 is 0. The summed E-state index contributed by atoms with van der Waals surface area (Å²) in [4.78, 5) is 34.4. The molecule has 0 spiro atoms. The van der Waals surface area contributed by atoms with Gasteiger partial charge in [0.2, 0.25) is 6.29 Å². The van der Waals surface area contributed by atoms with Gasteiger partial charge in [-0.05, 0) is 12.1 Å². The molecule has 2 heterocycles. The van der Waals surface area contributed by atoms with Crippen molar-refractivity contribution in [1.82, 2.24) is 15.0 Å². The molecule has 5 atom stereocenters. The largest absolute Gasteiger partial charge is 0.463 e. The third-order valence-electron chi connectivity index (χ3n) is 4.73. The van der Waals surface area contributed by atoms with E-state index in [2.05, 4.69) is 10.3 Å². The van der Waals surface area contributed by atoms with Crippen molar-refractivity contribution >= 4 is 17.9 Å².